The molecule has 0 unspecified atom stereocenters. The van der Waals surface area contributed by atoms with Crippen LogP contribution in [0.1, 0.15) is 5.56 Å². The third kappa shape index (κ3) is 2.43. The monoisotopic (exact) mass is 313 g/mol. The lowest BCUT2D eigenvalue weighted by Crippen LogP contribution is -2.01. The number of pyridine rings is 1. The Hall–Kier alpha value is -1.69. The molecule has 1 aromatic carbocycles. The van der Waals surface area contributed by atoms with Gasteiger partial charge in [0, 0.05) is 12.3 Å². The molecule has 1 aromatic heterocycles. The molecule has 0 aliphatic rings. The van der Waals surface area contributed by atoms with Crippen LogP contribution >= 0.6 is 15.9 Å². The highest BCUT2D eigenvalue weighted by molar-refractivity contribution is 9.10. The van der Waals surface area contributed by atoms with Crippen molar-refractivity contribution < 1.29 is 8.78 Å². The lowest BCUT2D eigenvalue weighted by molar-refractivity contribution is 0.595. The molecule has 0 aliphatic carbocycles. The van der Waals surface area contributed by atoms with Crippen LogP contribution in [0.2, 0.25) is 0 Å². The Morgan fingerprint density at radius 2 is 1.94 bits per heavy atom. The van der Waals surface area contributed by atoms with Crippen LogP contribution in [0.4, 0.5) is 25.8 Å². The molecule has 6 heteroatoms. The summed E-state index contributed by atoms with van der Waals surface area (Å²) in [5, 5.41) is 2.75. The second kappa shape index (κ2) is 4.89. The second-order valence-corrected chi connectivity index (χ2v) is 4.65. The molecule has 3 nitrogen and oxygen atoms in total. The smallest absolute Gasteiger partial charge is 0.147 e. The first-order valence-corrected chi connectivity index (χ1v) is 5.90. The van der Waals surface area contributed by atoms with Gasteiger partial charge in [-0.25, -0.2) is 8.78 Å². The Morgan fingerprint density at radius 1 is 1.22 bits per heavy atom. The summed E-state index contributed by atoms with van der Waals surface area (Å²) < 4.78 is 27.7. The Labute approximate surface area is 111 Å². The number of nitrogens with one attached hydrogen (secondary N) is 1. The summed E-state index contributed by atoms with van der Waals surface area (Å²) in [6.45, 7) is 1.50. The van der Waals surface area contributed by atoms with E-state index in [-0.39, 0.29) is 11.3 Å². The molecule has 3 N–H and O–H groups in total. The van der Waals surface area contributed by atoms with Gasteiger partial charge in [0.25, 0.3) is 0 Å². The summed E-state index contributed by atoms with van der Waals surface area (Å²) in [6.07, 6.45) is 2.94. The van der Waals surface area contributed by atoms with E-state index in [1.54, 1.807) is 0 Å². The fourth-order valence-electron chi connectivity index (χ4n) is 1.46. The van der Waals surface area contributed by atoms with Crippen molar-refractivity contribution in [2.75, 3.05) is 11.1 Å². The molecule has 1 heterocycles. The minimum atomic E-state index is -0.544. The standard InChI is InChI=1S/C12H10BrF2N3/c1-6-2-9(15)11(3-8(6)14)18-12-7(13)4-17-5-10(12)16/h2-5H,16H2,1H3,(H,17,18). The fraction of sp³-hybridized carbons (Fsp3) is 0.0833. The third-order valence-electron chi connectivity index (χ3n) is 2.44. The number of nitrogens with two attached hydrogens (primary N) is 1. The van der Waals surface area contributed by atoms with E-state index in [0.29, 0.717) is 15.8 Å². The number of aryl methyl sites for hydroxylation is 1. The zero-order chi connectivity index (χ0) is 13.3. The third-order valence-corrected chi connectivity index (χ3v) is 3.04. The lowest BCUT2D eigenvalue weighted by Gasteiger charge is -2.12. The van der Waals surface area contributed by atoms with E-state index in [1.165, 1.54) is 19.3 Å². The first-order chi connectivity index (χ1) is 8.49. The van der Waals surface area contributed by atoms with Gasteiger partial charge >= 0.3 is 0 Å². The van der Waals surface area contributed by atoms with Crippen LogP contribution < -0.4 is 11.1 Å². The van der Waals surface area contributed by atoms with Crippen molar-refractivity contribution >= 4 is 33.0 Å². The second-order valence-electron chi connectivity index (χ2n) is 3.79. The number of hydrogen-bond donors (Lipinski definition) is 2. The molecule has 0 bridgehead atoms. The van der Waals surface area contributed by atoms with E-state index in [2.05, 4.69) is 26.2 Å². The fourth-order valence-corrected chi connectivity index (χ4v) is 1.90. The van der Waals surface area contributed by atoms with Crippen LogP contribution in [0, 0.1) is 18.6 Å². The molecule has 94 valence electrons. The number of aromatic nitrogens is 1. The Kier molecular flexibility index (Phi) is 3.47. The number of benzene rings is 1. The number of rotatable bonds is 2. The van der Waals surface area contributed by atoms with Crippen LogP contribution in [-0.2, 0) is 0 Å². The van der Waals surface area contributed by atoms with Crippen molar-refractivity contribution in [2.24, 2.45) is 0 Å². The van der Waals surface area contributed by atoms with E-state index in [4.69, 9.17) is 5.73 Å². The molecule has 18 heavy (non-hydrogen) atoms. The Bertz CT molecular complexity index is 582. The molecule has 2 aromatic rings. The lowest BCUT2D eigenvalue weighted by atomic mass is 10.2. The van der Waals surface area contributed by atoms with Crippen LogP contribution in [0.3, 0.4) is 0 Å². The van der Waals surface area contributed by atoms with Crippen molar-refractivity contribution in [3.63, 3.8) is 0 Å². The average molecular weight is 314 g/mol. The molecular weight excluding hydrogens is 304 g/mol. The Morgan fingerprint density at radius 3 is 2.61 bits per heavy atom. The molecule has 0 atom stereocenters. The topological polar surface area (TPSA) is 50.9 Å². The van der Waals surface area contributed by atoms with Gasteiger partial charge in [-0.3, -0.25) is 4.98 Å². The number of hydrogen-bond acceptors (Lipinski definition) is 3. The van der Waals surface area contributed by atoms with Gasteiger partial charge in [-0.05, 0) is 34.5 Å². The molecule has 0 saturated carbocycles. The maximum atomic E-state index is 13.7. The maximum Gasteiger partial charge on any atom is 0.147 e. The SMILES string of the molecule is Cc1cc(F)c(Nc2c(N)cncc2Br)cc1F. The zero-order valence-corrected chi connectivity index (χ0v) is 11.1. The summed E-state index contributed by atoms with van der Waals surface area (Å²) in [4.78, 5) is 3.86. The molecule has 0 saturated heterocycles. The number of nitrogen functional groups attached to an aromatic ring is 1. The van der Waals surface area contributed by atoms with Gasteiger partial charge in [0.15, 0.2) is 0 Å². The van der Waals surface area contributed by atoms with Crippen molar-refractivity contribution in [1.29, 1.82) is 0 Å². The average Bonchev–Trinajstić information content (AvgIpc) is 2.30. The normalized spacial score (nSPS) is 10.4. The quantitative estimate of drug-likeness (QED) is 0.887. The van der Waals surface area contributed by atoms with E-state index in [9.17, 15) is 8.78 Å². The van der Waals surface area contributed by atoms with Gasteiger partial charge < -0.3 is 11.1 Å². The predicted octanol–water partition coefficient (Wildman–Crippen LogP) is 3.76. The molecule has 0 spiro atoms. The minimum Gasteiger partial charge on any atom is -0.396 e. The highest BCUT2D eigenvalue weighted by atomic mass is 79.9. The molecule has 0 amide bonds. The summed E-state index contributed by atoms with van der Waals surface area (Å²) in [5.74, 6) is -1.03. The highest BCUT2D eigenvalue weighted by Gasteiger charge is 2.11. The Balaban J connectivity index is 2.43. The molecule has 2 rings (SSSR count). The van der Waals surface area contributed by atoms with Crippen molar-refractivity contribution in [3.05, 3.63) is 46.2 Å². The van der Waals surface area contributed by atoms with Crippen LogP contribution in [0.25, 0.3) is 0 Å². The summed E-state index contributed by atoms with van der Waals surface area (Å²) in [7, 11) is 0. The molecule has 0 fully saturated rings. The van der Waals surface area contributed by atoms with Crippen molar-refractivity contribution in [1.82, 2.24) is 4.98 Å². The maximum absolute atomic E-state index is 13.7. The predicted molar refractivity (Wildman–Crippen MR) is 70.7 cm³/mol. The first-order valence-electron chi connectivity index (χ1n) is 5.10. The van der Waals surface area contributed by atoms with Crippen LogP contribution in [-0.4, -0.2) is 4.98 Å². The number of nitrogens with zero attached hydrogens (tertiary/aromatic N) is 1. The van der Waals surface area contributed by atoms with Gasteiger partial charge in [0.05, 0.1) is 27.7 Å². The van der Waals surface area contributed by atoms with Gasteiger partial charge in [-0.2, -0.15) is 0 Å². The van der Waals surface area contributed by atoms with E-state index in [1.807, 2.05) is 0 Å². The van der Waals surface area contributed by atoms with Gasteiger partial charge in [0.2, 0.25) is 0 Å². The largest absolute Gasteiger partial charge is 0.396 e. The van der Waals surface area contributed by atoms with Crippen molar-refractivity contribution in [2.45, 2.75) is 6.92 Å². The van der Waals surface area contributed by atoms with Crippen molar-refractivity contribution in [3.8, 4) is 0 Å². The van der Waals surface area contributed by atoms with Gasteiger partial charge in [-0.15, -0.1) is 0 Å². The number of halogens is 3. The zero-order valence-electron chi connectivity index (χ0n) is 9.47. The van der Waals surface area contributed by atoms with Crippen LogP contribution in [0.15, 0.2) is 29.0 Å². The van der Waals surface area contributed by atoms with E-state index in [0.717, 1.165) is 12.1 Å². The highest BCUT2D eigenvalue weighted by Crippen LogP contribution is 2.31. The van der Waals surface area contributed by atoms with Crippen LogP contribution in [0.5, 0.6) is 0 Å². The van der Waals surface area contributed by atoms with Gasteiger partial charge in [-0.1, -0.05) is 0 Å². The first kappa shape index (κ1) is 12.8. The molecular formula is C12H10BrF2N3. The minimum absolute atomic E-state index is 0.0247. The van der Waals surface area contributed by atoms with Gasteiger partial charge in [0.1, 0.15) is 11.6 Å². The molecule has 0 aliphatic heterocycles. The summed E-state index contributed by atoms with van der Waals surface area (Å²) in [6, 6.07) is 2.22. The summed E-state index contributed by atoms with van der Waals surface area (Å²) in [5.41, 5.74) is 6.78. The number of anilines is 3. The van der Waals surface area contributed by atoms with E-state index < -0.39 is 11.6 Å². The van der Waals surface area contributed by atoms with E-state index >= 15 is 0 Å². The summed E-state index contributed by atoms with van der Waals surface area (Å²) >= 11 is 3.24. The molecule has 0 radical (unpaired) electrons.